The van der Waals surface area contributed by atoms with E-state index < -0.39 is 0 Å². The lowest BCUT2D eigenvalue weighted by Crippen LogP contribution is -2.35. The summed E-state index contributed by atoms with van der Waals surface area (Å²) >= 11 is 0. The largest absolute Gasteiger partial charge is 0.395 e. The number of rotatable bonds is 8. The minimum atomic E-state index is 0.151. The molecule has 1 N–H and O–H groups in total. The molecule has 0 radical (unpaired) electrons. The van der Waals surface area contributed by atoms with Gasteiger partial charge in [0.2, 0.25) is 0 Å². The van der Waals surface area contributed by atoms with Crippen LogP contribution in [0.2, 0.25) is 0 Å². The number of aliphatic hydroxyl groups excluding tert-OH is 1. The first-order valence-electron chi connectivity index (χ1n) is 10.0. The van der Waals surface area contributed by atoms with Gasteiger partial charge in [0.15, 0.2) is 0 Å². The summed E-state index contributed by atoms with van der Waals surface area (Å²) < 4.78 is 0. The Morgan fingerprint density at radius 3 is 2.59 bits per heavy atom. The normalized spacial score (nSPS) is 14.9. The fourth-order valence-corrected chi connectivity index (χ4v) is 2.97. The molecule has 0 spiro atoms. The lowest BCUT2D eigenvalue weighted by molar-refractivity contribution is 0.135. The summed E-state index contributed by atoms with van der Waals surface area (Å²) in [5, 5.41) is 15.1. The van der Waals surface area contributed by atoms with Gasteiger partial charge in [-0.2, -0.15) is 5.10 Å². The second-order valence-electron chi connectivity index (χ2n) is 7.24. The Hall–Kier alpha value is -1.79. The number of nitrogens with zero attached hydrogens (tertiary/aromatic N) is 5. The highest BCUT2D eigenvalue weighted by molar-refractivity contribution is 6.07. The topological polar surface area (TPSA) is 64.8 Å². The van der Waals surface area contributed by atoms with Gasteiger partial charge in [-0.3, -0.25) is 9.91 Å². The van der Waals surface area contributed by atoms with Gasteiger partial charge in [-0.25, -0.2) is 9.97 Å². The number of hydrazone groups is 1. The summed E-state index contributed by atoms with van der Waals surface area (Å²) in [6.07, 6.45) is 10.8. The third-order valence-electron chi connectivity index (χ3n) is 4.68. The maximum Gasteiger partial charge on any atom is 0.125 e. The van der Waals surface area contributed by atoms with E-state index in [-0.39, 0.29) is 6.61 Å². The van der Waals surface area contributed by atoms with Crippen molar-refractivity contribution >= 4 is 11.8 Å². The van der Waals surface area contributed by atoms with Crippen LogP contribution in [0.4, 0.5) is 0 Å². The Balaban J connectivity index is 0.000000433. The van der Waals surface area contributed by atoms with Crippen molar-refractivity contribution in [3.63, 3.8) is 0 Å². The lowest BCUT2D eigenvalue weighted by Gasteiger charge is -2.24. The summed E-state index contributed by atoms with van der Waals surface area (Å²) in [7, 11) is 1.88. The first-order chi connectivity index (χ1) is 13.0. The number of hydrogen-bond acceptors (Lipinski definition) is 6. The van der Waals surface area contributed by atoms with Gasteiger partial charge < -0.3 is 5.11 Å². The smallest absolute Gasteiger partial charge is 0.125 e. The lowest BCUT2D eigenvalue weighted by atomic mass is 9.91. The Morgan fingerprint density at radius 1 is 1.37 bits per heavy atom. The summed E-state index contributed by atoms with van der Waals surface area (Å²) in [6.45, 7) is 12.5. The van der Waals surface area contributed by atoms with Crippen LogP contribution >= 0.6 is 0 Å². The molecule has 0 bridgehead atoms. The van der Waals surface area contributed by atoms with E-state index in [1.165, 1.54) is 32.1 Å². The van der Waals surface area contributed by atoms with Gasteiger partial charge in [-0.05, 0) is 25.5 Å². The Bertz CT molecular complexity index is 569. The van der Waals surface area contributed by atoms with Crippen LogP contribution in [0.15, 0.2) is 23.9 Å². The molecule has 0 aliphatic heterocycles. The van der Waals surface area contributed by atoms with Gasteiger partial charge in [-0.15, -0.1) is 0 Å². The Kier molecular flexibility index (Phi) is 11.5. The van der Waals surface area contributed by atoms with Crippen LogP contribution in [0.1, 0.15) is 57.5 Å². The fraction of sp³-hybridized carbons (Fsp3) is 0.667. The molecule has 6 heteroatoms. The zero-order valence-electron chi connectivity index (χ0n) is 17.6. The van der Waals surface area contributed by atoms with E-state index in [9.17, 15) is 0 Å². The van der Waals surface area contributed by atoms with Gasteiger partial charge in [0.1, 0.15) is 5.82 Å². The minimum absolute atomic E-state index is 0.151. The van der Waals surface area contributed by atoms with E-state index in [0.29, 0.717) is 19.0 Å². The summed E-state index contributed by atoms with van der Waals surface area (Å²) in [6, 6.07) is 1.81. The summed E-state index contributed by atoms with van der Waals surface area (Å²) in [5.41, 5.74) is 1.52. The number of aromatic nitrogens is 2. The number of aliphatic hydroxyl groups is 1. The predicted octanol–water partition coefficient (Wildman–Crippen LogP) is 3.57. The molecule has 0 saturated heterocycles. The van der Waals surface area contributed by atoms with Crippen molar-refractivity contribution in [2.45, 2.75) is 52.9 Å². The molecule has 1 heterocycles. The van der Waals surface area contributed by atoms with Crippen molar-refractivity contribution in [1.29, 1.82) is 0 Å². The molecule has 2 rings (SSSR count). The van der Waals surface area contributed by atoms with E-state index in [4.69, 9.17) is 5.11 Å². The molecule has 1 fully saturated rings. The number of allylic oxidation sites excluding steroid dienone is 1. The van der Waals surface area contributed by atoms with Crippen LogP contribution < -0.4 is 0 Å². The van der Waals surface area contributed by atoms with Crippen LogP contribution in [-0.4, -0.2) is 64.6 Å². The molecule has 152 valence electrons. The summed E-state index contributed by atoms with van der Waals surface area (Å²) in [5.74, 6) is 1.75. The van der Waals surface area contributed by atoms with Crippen molar-refractivity contribution in [3.8, 4) is 0 Å². The standard InChI is InChI=1S/C14H23N5O.C7H14/c1-5-19(8-9-20)11-18(4)16-10-12(2)14-6-7-15-13(3)17-14;1-7-5-3-2-4-6-7/h6-7,10,20H,2,5,8-9,11H2,1,3-4H3;7H,2-6H2,1H3/b16-10-;. The van der Waals surface area contributed by atoms with Crippen LogP contribution in [0.25, 0.3) is 5.57 Å². The quantitative estimate of drug-likeness (QED) is 0.427. The van der Waals surface area contributed by atoms with Crippen LogP contribution in [0, 0.1) is 12.8 Å². The van der Waals surface area contributed by atoms with Crippen molar-refractivity contribution < 1.29 is 5.11 Å². The molecule has 0 unspecified atom stereocenters. The molecular formula is C21H37N5O. The molecule has 0 amide bonds. The molecule has 1 aliphatic rings. The average molecular weight is 376 g/mol. The summed E-state index contributed by atoms with van der Waals surface area (Å²) in [4.78, 5) is 10.4. The molecule has 1 aromatic heterocycles. The predicted molar refractivity (Wildman–Crippen MR) is 114 cm³/mol. The van der Waals surface area contributed by atoms with E-state index in [2.05, 4.69) is 40.4 Å². The highest BCUT2D eigenvalue weighted by atomic mass is 16.3. The van der Waals surface area contributed by atoms with Gasteiger partial charge in [-0.1, -0.05) is 52.5 Å². The molecule has 0 atom stereocenters. The van der Waals surface area contributed by atoms with Crippen LogP contribution in [0.3, 0.4) is 0 Å². The maximum atomic E-state index is 8.95. The second-order valence-corrected chi connectivity index (χ2v) is 7.24. The molecular weight excluding hydrogens is 338 g/mol. The van der Waals surface area contributed by atoms with E-state index in [0.717, 1.165) is 23.7 Å². The molecule has 27 heavy (non-hydrogen) atoms. The molecule has 1 saturated carbocycles. The highest BCUT2D eigenvalue weighted by Gasteiger charge is 2.06. The SMILES string of the molecule is C=C(/C=N\N(C)CN(CC)CCO)c1ccnc(C)n1.CC1CCCCC1. The average Bonchev–Trinajstić information content (AvgIpc) is 2.67. The molecule has 0 aromatic carbocycles. The molecule has 1 aromatic rings. The monoisotopic (exact) mass is 375 g/mol. The van der Waals surface area contributed by atoms with Gasteiger partial charge >= 0.3 is 0 Å². The molecule has 1 aliphatic carbocycles. The third kappa shape index (κ3) is 10.2. The number of hydrogen-bond donors (Lipinski definition) is 1. The van der Waals surface area contributed by atoms with Gasteiger partial charge in [0.25, 0.3) is 0 Å². The van der Waals surface area contributed by atoms with E-state index in [1.54, 1.807) is 17.4 Å². The van der Waals surface area contributed by atoms with Gasteiger partial charge in [0, 0.05) is 25.4 Å². The van der Waals surface area contributed by atoms with E-state index in [1.807, 2.05) is 20.0 Å². The minimum Gasteiger partial charge on any atom is -0.395 e. The zero-order chi connectivity index (χ0) is 20.1. The fourth-order valence-electron chi connectivity index (χ4n) is 2.97. The second kappa shape index (κ2) is 13.4. The maximum absolute atomic E-state index is 8.95. The van der Waals surface area contributed by atoms with Crippen LogP contribution in [-0.2, 0) is 0 Å². The molecule has 6 nitrogen and oxygen atoms in total. The number of likely N-dealkylation sites (N-methyl/N-ethyl adjacent to an activating group) is 1. The highest BCUT2D eigenvalue weighted by Crippen LogP contribution is 2.22. The zero-order valence-corrected chi connectivity index (χ0v) is 17.6. The first kappa shape index (κ1) is 23.2. The number of aryl methyl sites for hydroxylation is 1. The van der Waals surface area contributed by atoms with Crippen molar-refractivity contribution in [3.05, 3.63) is 30.4 Å². The Labute approximate surface area is 165 Å². The third-order valence-corrected chi connectivity index (χ3v) is 4.68. The van der Waals surface area contributed by atoms with Crippen LogP contribution in [0.5, 0.6) is 0 Å². The van der Waals surface area contributed by atoms with Crippen molar-refractivity contribution in [1.82, 2.24) is 19.9 Å². The van der Waals surface area contributed by atoms with Crippen molar-refractivity contribution in [2.75, 3.05) is 33.4 Å². The van der Waals surface area contributed by atoms with E-state index >= 15 is 0 Å². The first-order valence-corrected chi connectivity index (χ1v) is 10.0. The van der Waals surface area contributed by atoms with Crippen molar-refractivity contribution in [2.24, 2.45) is 11.0 Å². The Morgan fingerprint density at radius 2 is 2.07 bits per heavy atom. The van der Waals surface area contributed by atoms with Gasteiger partial charge in [0.05, 0.1) is 25.2 Å².